The van der Waals surface area contributed by atoms with Crippen molar-refractivity contribution >= 4 is 16.7 Å². The second-order valence-corrected chi connectivity index (χ2v) is 6.55. The molecule has 10 heteroatoms. The van der Waals surface area contributed by atoms with Crippen LogP contribution in [0.1, 0.15) is 23.7 Å². The van der Waals surface area contributed by atoms with Gasteiger partial charge in [-0.15, -0.1) is 0 Å². The fraction of sp³-hybridized carbons (Fsp3) is 0.211. The first-order chi connectivity index (χ1) is 13.9. The monoisotopic (exact) mass is 402 g/mol. The smallest absolute Gasteiger partial charge is 0.313 e. The quantitative estimate of drug-likeness (QED) is 0.499. The Labute approximate surface area is 163 Å². The molecule has 4 rings (SSSR count). The van der Waals surface area contributed by atoms with Gasteiger partial charge < -0.3 is 5.43 Å². The van der Waals surface area contributed by atoms with Gasteiger partial charge in [-0.3, -0.25) is 4.79 Å². The molecule has 1 aliphatic heterocycles. The number of hydrogen-bond donors (Lipinski definition) is 4. The van der Waals surface area contributed by atoms with E-state index in [4.69, 9.17) is 0 Å². The number of hydrazine groups is 2. The molecule has 150 valence electrons. The molecule has 2 atom stereocenters. The van der Waals surface area contributed by atoms with E-state index < -0.39 is 29.3 Å². The molecule has 0 aliphatic carbocycles. The highest BCUT2D eigenvalue weighted by molar-refractivity contribution is 5.74. The number of benzene rings is 2. The summed E-state index contributed by atoms with van der Waals surface area (Å²) in [6, 6.07) is 15.5. The van der Waals surface area contributed by atoms with Crippen LogP contribution in [0, 0.1) is 0 Å². The Balaban J connectivity index is 1.59. The average Bonchev–Trinajstić information content (AvgIpc) is 3.11. The lowest BCUT2D eigenvalue weighted by Gasteiger charge is -2.15. The molecule has 3 aromatic rings. The fourth-order valence-corrected chi connectivity index (χ4v) is 3.13. The van der Waals surface area contributed by atoms with Crippen LogP contribution in [0.15, 0.2) is 59.4 Å². The van der Waals surface area contributed by atoms with Crippen LogP contribution in [-0.4, -0.2) is 16.1 Å². The van der Waals surface area contributed by atoms with Gasteiger partial charge in [0.05, 0.1) is 17.2 Å². The average molecular weight is 402 g/mol. The number of anilines is 1. The van der Waals surface area contributed by atoms with Crippen LogP contribution in [0.4, 0.5) is 18.9 Å². The van der Waals surface area contributed by atoms with E-state index in [0.29, 0.717) is 6.42 Å². The summed E-state index contributed by atoms with van der Waals surface area (Å²) in [7, 11) is 0. The Morgan fingerprint density at radius 3 is 2.28 bits per heavy atom. The number of alkyl halides is 3. The van der Waals surface area contributed by atoms with Gasteiger partial charge in [0.15, 0.2) is 5.69 Å². The lowest BCUT2D eigenvalue weighted by molar-refractivity contribution is -0.140. The van der Waals surface area contributed by atoms with E-state index in [2.05, 4.69) is 31.7 Å². The van der Waals surface area contributed by atoms with E-state index >= 15 is 0 Å². The molecule has 0 spiro atoms. The van der Waals surface area contributed by atoms with E-state index in [0.717, 1.165) is 5.56 Å². The minimum Gasteiger partial charge on any atom is -0.313 e. The van der Waals surface area contributed by atoms with Crippen molar-refractivity contribution in [3.63, 3.8) is 0 Å². The minimum absolute atomic E-state index is 0.0187. The molecule has 0 bridgehead atoms. The number of para-hydroxylation sites is 2. The van der Waals surface area contributed by atoms with Crippen molar-refractivity contribution in [2.45, 2.75) is 24.8 Å². The van der Waals surface area contributed by atoms with Crippen molar-refractivity contribution in [2.75, 3.05) is 5.43 Å². The molecule has 2 aromatic carbocycles. The topological polar surface area (TPSA) is 91.0 Å². The van der Waals surface area contributed by atoms with Crippen LogP contribution >= 0.6 is 0 Å². The summed E-state index contributed by atoms with van der Waals surface area (Å²) in [5, 5.41) is 0. The van der Waals surface area contributed by atoms with Gasteiger partial charge in [-0.25, -0.2) is 26.2 Å². The third-order valence-electron chi connectivity index (χ3n) is 4.53. The van der Waals surface area contributed by atoms with Crippen LogP contribution in [0.2, 0.25) is 0 Å². The molecule has 0 amide bonds. The van der Waals surface area contributed by atoms with Crippen molar-refractivity contribution in [3.05, 3.63) is 76.2 Å². The van der Waals surface area contributed by atoms with E-state index in [1.54, 1.807) is 6.07 Å². The third kappa shape index (κ3) is 4.19. The van der Waals surface area contributed by atoms with Gasteiger partial charge in [0.1, 0.15) is 5.69 Å². The summed E-state index contributed by atoms with van der Waals surface area (Å²) in [4.78, 5) is 19.8. The largest absolute Gasteiger partial charge is 0.435 e. The second-order valence-electron chi connectivity index (χ2n) is 6.55. The van der Waals surface area contributed by atoms with Crippen LogP contribution in [-0.2, 0) is 6.18 Å². The number of aromatic nitrogens is 2. The molecule has 0 saturated carbocycles. The number of nitrogens with one attached hydrogen (secondary N) is 4. The summed E-state index contributed by atoms with van der Waals surface area (Å²) in [6.07, 6.45) is -4.73. The highest BCUT2D eigenvalue weighted by Crippen LogP contribution is 2.31. The molecule has 1 aromatic heterocycles. The fourth-order valence-electron chi connectivity index (χ4n) is 3.13. The molecular weight excluding hydrogens is 385 g/mol. The first-order valence-corrected chi connectivity index (χ1v) is 8.87. The second kappa shape index (κ2) is 7.74. The van der Waals surface area contributed by atoms with E-state index in [1.807, 2.05) is 30.3 Å². The summed E-state index contributed by atoms with van der Waals surface area (Å²) < 4.78 is 40.7. The molecule has 1 fully saturated rings. The number of rotatable bonds is 4. The zero-order valence-electron chi connectivity index (χ0n) is 15.0. The Kier molecular flexibility index (Phi) is 5.14. The maximum absolute atomic E-state index is 13.6. The number of hydrogen-bond acceptors (Lipinski definition) is 7. The predicted octanol–water partition coefficient (Wildman–Crippen LogP) is 2.49. The van der Waals surface area contributed by atoms with Gasteiger partial charge in [0.2, 0.25) is 0 Å². The van der Waals surface area contributed by atoms with Crippen molar-refractivity contribution in [3.8, 4) is 0 Å². The van der Waals surface area contributed by atoms with Crippen LogP contribution < -0.4 is 27.3 Å². The molecule has 2 unspecified atom stereocenters. The third-order valence-corrected chi connectivity index (χ3v) is 4.53. The molecule has 1 saturated heterocycles. The first kappa shape index (κ1) is 19.2. The van der Waals surface area contributed by atoms with Crippen molar-refractivity contribution < 1.29 is 13.2 Å². The standard InChI is InChI=1S/C19H17F3N6O/c20-19(21,22)17-16(18(29)24-13-9-5-4-8-12(13)23-17)28-27-15-10-14(25-26-15)11-6-2-1-3-7-11/h1-9,14-15,25-27H,10H2,(H,24,28,29). The molecule has 4 N–H and O–H groups in total. The van der Waals surface area contributed by atoms with Gasteiger partial charge in [-0.2, -0.15) is 13.2 Å². The molecule has 1 aliphatic rings. The van der Waals surface area contributed by atoms with Gasteiger partial charge in [0, 0.05) is 6.04 Å². The van der Waals surface area contributed by atoms with Gasteiger partial charge in [-0.05, 0) is 24.1 Å². The van der Waals surface area contributed by atoms with Gasteiger partial charge in [0.25, 0.3) is 5.56 Å². The van der Waals surface area contributed by atoms with E-state index in [1.165, 1.54) is 18.2 Å². The SMILES string of the molecule is O=c1nc2ccccc2nc(C(F)(F)F)c1NNC1CC(c2ccccc2)NN1. The minimum atomic E-state index is -4.83. The number of fused-ring (bicyclic) bond motifs is 1. The Hall–Kier alpha value is -3.08. The van der Waals surface area contributed by atoms with Crippen LogP contribution in [0.5, 0.6) is 0 Å². The van der Waals surface area contributed by atoms with Crippen molar-refractivity contribution in [2.24, 2.45) is 0 Å². The first-order valence-electron chi connectivity index (χ1n) is 8.87. The molecule has 2 heterocycles. The van der Waals surface area contributed by atoms with Gasteiger partial charge >= 0.3 is 6.18 Å². The normalized spacial score (nSPS) is 19.4. The van der Waals surface area contributed by atoms with Crippen molar-refractivity contribution in [1.82, 2.24) is 26.2 Å². The van der Waals surface area contributed by atoms with E-state index in [-0.39, 0.29) is 17.1 Å². The Morgan fingerprint density at radius 1 is 0.931 bits per heavy atom. The van der Waals surface area contributed by atoms with E-state index in [9.17, 15) is 18.0 Å². The molecule has 0 radical (unpaired) electrons. The maximum Gasteiger partial charge on any atom is 0.435 e. The number of halogens is 3. The Bertz CT molecular complexity index is 1080. The Morgan fingerprint density at radius 2 is 1.59 bits per heavy atom. The molecular formula is C19H17F3N6O. The summed E-state index contributed by atoms with van der Waals surface area (Å²) in [6.45, 7) is 0. The summed E-state index contributed by atoms with van der Waals surface area (Å²) in [5.74, 6) is 0. The predicted molar refractivity (Wildman–Crippen MR) is 101 cm³/mol. The van der Waals surface area contributed by atoms with Crippen LogP contribution in [0.25, 0.3) is 11.0 Å². The number of nitrogens with zero attached hydrogens (tertiary/aromatic N) is 2. The van der Waals surface area contributed by atoms with Crippen molar-refractivity contribution in [1.29, 1.82) is 0 Å². The zero-order chi connectivity index (χ0) is 20.4. The zero-order valence-corrected chi connectivity index (χ0v) is 15.0. The van der Waals surface area contributed by atoms with Crippen LogP contribution in [0.3, 0.4) is 0 Å². The highest BCUT2D eigenvalue weighted by Gasteiger charge is 2.37. The maximum atomic E-state index is 13.6. The molecule has 7 nitrogen and oxygen atoms in total. The lowest BCUT2D eigenvalue weighted by Crippen LogP contribution is -2.45. The summed E-state index contributed by atoms with van der Waals surface area (Å²) >= 11 is 0. The molecule has 29 heavy (non-hydrogen) atoms. The highest BCUT2D eigenvalue weighted by atomic mass is 19.4. The van der Waals surface area contributed by atoms with Gasteiger partial charge in [-0.1, -0.05) is 42.5 Å². The lowest BCUT2D eigenvalue weighted by atomic mass is 10.1. The summed E-state index contributed by atoms with van der Waals surface area (Å²) in [5.41, 5.74) is 9.09.